The van der Waals surface area contributed by atoms with Gasteiger partial charge >= 0.3 is 0 Å². The van der Waals surface area contributed by atoms with Crippen LogP contribution < -0.4 is 4.43 Å². The molecule has 4 fully saturated rings. The van der Waals surface area contributed by atoms with Gasteiger partial charge in [0, 0.05) is 26.4 Å². The van der Waals surface area contributed by atoms with E-state index in [0.29, 0.717) is 17.8 Å². The Hall–Kier alpha value is -0.963. The zero-order valence-electron chi connectivity index (χ0n) is 40.5. The van der Waals surface area contributed by atoms with Gasteiger partial charge in [-0.1, -0.05) is 124 Å². The first-order valence-corrected chi connectivity index (χ1v) is 29.3. The highest BCUT2D eigenvalue weighted by molar-refractivity contribution is 6.74. The van der Waals surface area contributed by atoms with Gasteiger partial charge in [0.25, 0.3) is 0 Å². The summed E-state index contributed by atoms with van der Waals surface area (Å²) in [4.78, 5) is 0. The van der Waals surface area contributed by atoms with Gasteiger partial charge in [-0.05, 0) is 166 Å². The van der Waals surface area contributed by atoms with Crippen LogP contribution in [0.25, 0.3) is 0 Å². The molecule has 0 bridgehead atoms. The van der Waals surface area contributed by atoms with Crippen LogP contribution in [0.15, 0.2) is 18.2 Å². The Balaban J connectivity index is 0.976. The second kappa shape index (κ2) is 24.0. The fraction of sp³-hybridized carbons (Fsp3) is 0.889. The number of fused-ring (bicyclic) bond motifs is 5. The van der Waals surface area contributed by atoms with Crippen LogP contribution >= 0.6 is 0 Å². The van der Waals surface area contributed by atoms with Gasteiger partial charge in [0.15, 0.2) is 12.6 Å². The molecule has 1 N–H and O–H groups in total. The van der Waals surface area contributed by atoms with Gasteiger partial charge in [-0.2, -0.15) is 0 Å². The van der Waals surface area contributed by atoms with Crippen molar-refractivity contribution in [3.63, 3.8) is 0 Å². The number of aliphatic hydroxyl groups is 1. The van der Waals surface area contributed by atoms with Crippen LogP contribution in [-0.2, 0) is 25.4 Å². The number of aliphatic hydroxyl groups excluding tert-OH is 1. The molecule has 0 amide bonds. The number of ether oxygens (including phenoxy) is 4. The van der Waals surface area contributed by atoms with E-state index >= 15 is 0 Å². The highest BCUT2D eigenvalue weighted by Crippen LogP contribution is 2.67. The highest BCUT2D eigenvalue weighted by Gasteiger charge is 2.63. The molecule has 2 saturated carbocycles. The van der Waals surface area contributed by atoms with Crippen molar-refractivity contribution in [3.05, 3.63) is 29.3 Å². The smallest absolute Gasteiger partial charge is 0.250 e. The van der Waals surface area contributed by atoms with E-state index in [1.54, 1.807) is 5.56 Å². The van der Waals surface area contributed by atoms with Gasteiger partial charge in [0.05, 0.1) is 6.10 Å². The molecule has 2 heterocycles. The van der Waals surface area contributed by atoms with E-state index in [4.69, 9.17) is 23.4 Å². The molecule has 6 nitrogen and oxygen atoms in total. The molecular weight excluding hydrogens is 773 g/mol. The van der Waals surface area contributed by atoms with Crippen molar-refractivity contribution in [2.24, 2.45) is 22.7 Å². The van der Waals surface area contributed by atoms with Crippen molar-refractivity contribution in [1.82, 2.24) is 0 Å². The zero-order chi connectivity index (χ0) is 43.2. The average molecular weight is 867 g/mol. The first kappa shape index (κ1) is 49.5. The van der Waals surface area contributed by atoms with Crippen LogP contribution in [0.3, 0.4) is 0 Å². The van der Waals surface area contributed by atoms with Crippen LogP contribution in [0.4, 0.5) is 0 Å². The Bertz CT molecular complexity index is 1360. The van der Waals surface area contributed by atoms with Crippen molar-refractivity contribution >= 4 is 8.32 Å². The molecule has 0 spiro atoms. The topological polar surface area (TPSA) is 66.4 Å². The number of rotatable bonds is 26. The lowest BCUT2D eigenvalue weighted by atomic mass is 9.55. The minimum Gasteiger partial charge on any atom is -0.543 e. The molecule has 2 saturated heterocycles. The van der Waals surface area contributed by atoms with Crippen LogP contribution in [0.2, 0.25) is 18.1 Å². The van der Waals surface area contributed by atoms with E-state index in [1.807, 2.05) is 0 Å². The second-order valence-electron chi connectivity index (χ2n) is 22.6. The van der Waals surface area contributed by atoms with Gasteiger partial charge < -0.3 is 28.5 Å². The van der Waals surface area contributed by atoms with Crippen molar-refractivity contribution in [3.8, 4) is 5.75 Å². The molecule has 2 unspecified atom stereocenters. The minimum atomic E-state index is -1.89. The standard InChI is InChI=1S/C54H94O6Si/c1-52(2,3)61(5,6)60-44-30-32-45-43(41-44)29-31-47-46(45)33-36-53(4)48(47)42-54(51(53)55,34-21-15-11-7-9-13-17-23-37-56-49-27-19-25-39-58-49)35-22-16-12-8-10-14-18-24-38-57-50-28-20-26-40-59-50/h30,32,41,46-51,55H,7-29,31,33-40,42H2,1-6H3/t46-,47-,48+,49?,50?,51-,53+,54?/m1/s1. The van der Waals surface area contributed by atoms with Gasteiger partial charge in [0.2, 0.25) is 8.32 Å². The molecule has 7 heteroatoms. The number of aryl methyl sites for hydroxylation is 1. The monoisotopic (exact) mass is 867 g/mol. The molecule has 0 aromatic heterocycles. The maximum absolute atomic E-state index is 12.7. The van der Waals surface area contributed by atoms with E-state index in [0.717, 1.165) is 64.3 Å². The van der Waals surface area contributed by atoms with Crippen molar-refractivity contribution in [2.75, 3.05) is 26.4 Å². The Morgan fingerprint density at radius 1 is 0.689 bits per heavy atom. The van der Waals surface area contributed by atoms with Crippen LogP contribution in [0.1, 0.15) is 225 Å². The maximum Gasteiger partial charge on any atom is 0.250 e. The molecule has 1 aromatic carbocycles. The fourth-order valence-electron chi connectivity index (χ4n) is 12.4. The molecule has 3 aliphatic carbocycles. The Morgan fingerprint density at radius 3 is 1.72 bits per heavy atom. The average Bonchev–Trinajstić information content (AvgIpc) is 3.47. The predicted octanol–water partition coefficient (Wildman–Crippen LogP) is 15.0. The molecule has 5 aliphatic rings. The normalized spacial score (nSPS) is 30.5. The molecule has 61 heavy (non-hydrogen) atoms. The van der Waals surface area contributed by atoms with Gasteiger partial charge in [-0.25, -0.2) is 0 Å². The summed E-state index contributed by atoms with van der Waals surface area (Å²) in [6.07, 6.45) is 36.1. The highest BCUT2D eigenvalue weighted by atomic mass is 28.4. The first-order valence-electron chi connectivity index (χ1n) is 26.4. The summed E-state index contributed by atoms with van der Waals surface area (Å²) in [5.41, 5.74) is 3.27. The van der Waals surface area contributed by atoms with E-state index in [-0.39, 0.29) is 34.6 Å². The van der Waals surface area contributed by atoms with E-state index in [2.05, 4.69) is 59.0 Å². The van der Waals surface area contributed by atoms with Gasteiger partial charge in [0.1, 0.15) is 5.75 Å². The predicted molar refractivity (Wildman–Crippen MR) is 255 cm³/mol. The van der Waals surface area contributed by atoms with Crippen LogP contribution in [0, 0.1) is 22.7 Å². The first-order chi connectivity index (χ1) is 29.4. The Labute approximate surface area is 376 Å². The summed E-state index contributed by atoms with van der Waals surface area (Å²) in [6.45, 7) is 17.7. The minimum absolute atomic E-state index is 0.0453. The molecular formula is C54H94O6Si. The molecule has 350 valence electrons. The third kappa shape index (κ3) is 13.8. The summed E-state index contributed by atoms with van der Waals surface area (Å²) in [5, 5.41) is 12.9. The van der Waals surface area contributed by atoms with E-state index in [1.165, 1.54) is 160 Å². The summed E-state index contributed by atoms with van der Waals surface area (Å²) in [5.74, 6) is 3.03. The van der Waals surface area contributed by atoms with Gasteiger partial charge in [-0.15, -0.1) is 0 Å². The number of hydrogen-bond acceptors (Lipinski definition) is 6. The molecule has 2 aliphatic heterocycles. The summed E-state index contributed by atoms with van der Waals surface area (Å²) in [7, 11) is -1.89. The van der Waals surface area contributed by atoms with Crippen molar-refractivity contribution in [2.45, 2.75) is 257 Å². The van der Waals surface area contributed by atoms with Crippen LogP contribution in [-0.4, -0.2) is 58.5 Å². The lowest BCUT2D eigenvalue weighted by Crippen LogP contribution is -2.46. The van der Waals surface area contributed by atoms with Crippen molar-refractivity contribution < 1.29 is 28.5 Å². The summed E-state index contributed by atoms with van der Waals surface area (Å²) in [6, 6.07) is 7.17. The van der Waals surface area contributed by atoms with E-state index < -0.39 is 8.32 Å². The maximum atomic E-state index is 12.7. The third-order valence-electron chi connectivity index (χ3n) is 17.2. The molecule has 6 rings (SSSR count). The quantitative estimate of drug-likeness (QED) is 0.0739. The molecule has 7 atom stereocenters. The largest absolute Gasteiger partial charge is 0.543 e. The fourth-order valence-corrected chi connectivity index (χ4v) is 13.4. The number of benzene rings is 1. The molecule has 1 aromatic rings. The van der Waals surface area contributed by atoms with Gasteiger partial charge in [-0.3, -0.25) is 0 Å². The van der Waals surface area contributed by atoms with E-state index in [9.17, 15) is 5.11 Å². The lowest BCUT2D eigenvalue weighted by Gasteiger charge is -2.50. The number of unbranched alkanes of at least 4 members (excludes halogenated alkanes) is 14. The summed E-state index contributed by atoms with van der Waals surface area (Å²) >= 11 is 0. The number of hydrogen-bond donors (Lipinski definition) is 1. The third-order valence-corrected chi connectivity index (χ3v) is 21.5. The molecule has 0 radical (unpaired) electrons. The lowest BCUT2D eigenvalue weighted by molar-refractivity contribution is -0.163. The Kier molecular flexibility index (Phi) is 19.5. The zero-order valence-corrected chi connectivity index (χ0v) is 41.5. The Morgan fingerprint density at radius 2 is 1.21 bits per heavy atom. The van der Waals surface area contributed by atoms with Crippen LogP contribution in [0.5, 0.6) is 5.75 Å². The second-order valence-corrected chi connectivity index (χ2v) is 27.4. The SMILES string of the molecule is CC(C)(C)[Si](C)(C)Oc1ccc2c(c1)CC[C@@H]1[C@@H]2CC[C@@]2(C)[C@H]1CC(CCCCCCCCCCOC1CCCCO1)(CCCCCCCCCCOC1CCCCO1)[C@@H]2O. The summed E-state index contributed by atoms with van der Waals surface area (Å²) < 4.78 is 30.2. The van der Waals surface area contributed by atoms with Crippen molar-refractivity contribution in [1.29, 1.82) is 0 Å².